The standard InChI is InChI=1S/C21H22N2O2S/c1-16-8-13-21(17(2)14-16)26(24,25)23-20-11-9-19(10-12-20)22-15-18-6-4-3-5-7-18/h3-14,22-23H,15H2,1-2H3. The fourth-order valence-electron chi connectivity index (χ4n) is 2.77. The van der Waals surface area contributed by atoms with Crippen LogP contribution in [0.5, 0.6) is 0 Å². The summed E-state index contributed by atoms with van der Waals surface area (Å²) in [7, 11) is -3.60. The van der Waals surface area contributed by atoms with E-state index in [9.17, 15) is 8.42 Å². The van der Waals surface area contributed by atoms with Gasteiger partial charge in [0.1, 0.15) is 0 Å². The van der Waals surface area contributed by atoms with Crippen molar-refractivity contribution in [2.24, 2.45) is 0 Å². The van der Waals surface area contributed by atoms with Gasteiger partial charge in [0, 0.05) is 17.9 Å². The summed E-state index contributed by atoms with van der Waals surface area (Å²) in [6.07, 6.45) is 0. The zero-order valence-corrected chi connectivity index (χ0v) is 15.7. The molecule has 4 nitrogen and oxygen atoms in total. The van der Waals surface area contributed by atoms with Gasteiger partial charge in [-0.2, -0.15) is 0 Å². The van der Waals surface area contributed by atoms with Crippen molar-refractivity contribution in [3.63, 3.8) is 0 Å². The molecule has 26 heavy (non-hydrogen) atoms. The monoisotopic (exact) mass is 366 g/mol. The van der Waals surface area contributed by atoms with E-state index in [0.717, 1.165) is 16.8 Å². The number of hydrogen-bond acceptors (Lipinski definition) is 3. The Labute approximate surface area is 155 Å². The van der Waals surface area contributed by atoms with Crippen LogP contribution in [0, 0.1) is 13.8 Å². The van der Waals surface area contributed by atoms with Crippen LogP contribution in [0.4, 0.5) is 11.4 Å². The average molecular weight is 366 g/mol. The van der Waals surface area contributed by atoms with Gasteiger partial charge in [0.15, 0.2) is 0 Å². The molecule has 0 saturated heterocycles. The Hall–Kier alpha value is -2.79. The van der Waals surface area contributed by atoms with E-state index in [1.165, 1.54) is 5.56 Å². The van der Waals surface area contributed by atoms with Gasteiger partial charge in [0.25, 0.3) is 10.0 Å². The molecular formula is C21H22N2O2S. The lowest BCUT2D eigenvalue weighted by molar-refractivity contribution is 0.600. The molecule has 0 unspecified atom stereocenters. The molecule has 0 saturated carbocycles. The highest BCUT2D eigenvalue weighted by atomic mass is 32.2. The van der Waals surface area contributed by atoms with Crippen molar-refractivity contribution in [2.45, 2.75) is 25.3 Å². The van der Waals surface area contributed by atoms with E-state index in [2.05, 4.69) is 22.2 Å². The zero-order chi connectivity index (χ0) is 18.6. The summed E-state index contributed by atoms with van der Waals surface area (Å²) in [6, 6.07) is 22.7. The first-order valence-corrected chi connectivity index (χ1v) is 9.90. The van der Waals surface area contributed by atoms with E-state index < -0.39 is 10.0 Å². The van der Waals surface area contributed by atoms with Crippen molar-refractivity contribution in [2.75, 3.05) is 10.0 Å². The van der Waals surface area contributed by atoms with Crippen LogP contribution in [0.25, 0.3) is 0 Å². The van der Waals surface area contributed by atoms with E-state index in [4.69, 9.17) is 0 Å². The molecule has 0 radical (unpaired) electrons. The quantitative estimate of drug-likeness (QED) is 0.664. The molecule has 0 aromatic heterocycles. The lowest BCUT2D eigenvalue weighted by atomic mass is 10.2. The Morgan fingerprint density at radius 1 is 0.808 bits per heavy atom. The third kappa shape index (κ3) is 4.43. The first kappa shape index (κ1) is 18.0. The lowest BCUT2D eigenvalue weighted by Crippen LogP contribution is -2.14. The van der Waals surface area contributed by atoms with Crippen molar-refractivity contribution >= 4 is 21.4 Å². The minimum absolute atomic E-state index is 0.300. The predicted molar refractivity (Wildman–Crippen MR) is 107 cm³/mol. The minimum Gasteiger partial charge on any atom is -0.381 e. The summed E-state index contributed by atoms with van der Waals surface area (Å²) in [5.74, 6) is 0. The second-order valence-electron chi connectivity index (χ2n) is 6.29. The van der Waals surface area contributed by atoms with Crippen molar-refractivity contribution in [1.82, 2.24) is 0 Å². The van der Waals surface area contributed by atoms with E-state index in [0.29, 0.717) is 17.1 Å². The maximum Gasteiger partial charge on any atom is 0.262 e. The number of nitrogens with one attached hydrogen (secondary N) is 2. The van der Waals surface area contributed by atoms with Crippen LogP contribution in [0.3, 0.4) is 0 Å². The summed E-state index contributed by atoms with van der Waals surface area (Å²) in [5, 5.41) is 3.32. The molecule has 3 aromatic carbocycles. The Balaban J connectivity index is 1.68. The van der Waals surface area contributed by atoms with Crippen LogP contribution in [0.15, 0.2) is 77.7 Å². The van der Waals surface area contributed by atoms with Crippen LogP contribution in [0.2, 0.25) is 0 Å². The fraction of sp³-hybridized carbons (Fsp3) is 0.143. The number of anilines is 2. The molecule has 0 bridgehead atoms. The van der Waals surface area contributed by atoms with Crippen molar-refractivity contribution in [1.29, 1.82) is 0 Å². The molecule has 0 atom stereocenters. The number of hydrogen-bond donors (Lipinski definition) is 2. The molecule has 3 aromatic rings. The normalized spacial score (nSPS) is 11.2. The summed E-state index contributed by atoms with van der Waals surface area (Å²) in [5.41, 5.74) is 4.43. The van der Waals surface area contributed by atoms with E-state index >= 15 is 0 Å². The van der Waals surface area contributed by atoms with Crippen LogP contribution >= 0.6 is 0 Å². The highest BCUT2D eigenvalue weighted by Crippen LogP contribution is 2.21. The first-order valence-electron chi connectivity index (χ1n) is 8.42. The van der Waals surface area contributed by atoms with Gasteiger partial charge in [-0.05, 0) is 55.3 Å². The van der Waals surface area contributed by atoms with Crippen molar-refractivity contribution in [3.8, 4) is 0 Å². The van der Waals surface area contributed by atoms with Gasteiger partial charge in [-0.1, -0.05) is 48.0 Å². The Kier molecular flexibility index (Phi) is 5.28. The minimum atomic E-state index is -3.60. The second kappa shape index (κ2) is 7.62. The van der Waals surface area contributed by atoms with Crippen molar-refractivity contribution in [3.05, 3.63) is 89.5 Å². The molecule has 0 fully saturated rings. The number of sulfonamides is 1. The molecule has 134 valence electrons. The van der Waals surface area contributed by atoms with Gasteiger partial charge in [-0.15, -0.1) is 0 Å². The highest BCUT2D eigenvalue weighted by Gasteiger charge is 2.16. The molecule has 0 spiro atoms. The second-order valence-corrected chi connectivity index (χ2v) is 7.94. The predicted octanol–water partition coefficient (Wildman–Crippen LogP) is 4.72. The number of rotatable bonds is 6. The molecule has 2 N–H and O–H groups in total. The van der Waals surface area contributed by atoms with Crippen LogP contribution in [-0.2, 0) is 16.6 Å². The van der Waals surface area contributed by atoms with Crippen LogP contribution in [-0.4, -0.2) is 8.42 Å². The highest BCUT2D eigenvalue weighted by molar-refractivity contribution is 7.92. The van der Waals surface area contributed by atoms with Gasteiger partial charge in [0.05, 0.1) is 4.90 Å². The SMILES string of the molecule is Cc1ccc(S(=O)(=O)Nc2ccc(NCc3ccccc3)cc2)c(C)c1. The zero-order valence-electron chi connectivity index (χ0n) is 14.9. The first-order chi connectivity index (χ1) is 12.4. The maximum atomic E-state index is 12.6. The van der Waals surface area contributed by atoms with Gasteiger partial charge >= 0.3 is 0 Å². The Bertz CT molecular complexity index is 982. The Morgan fingerprint density at radius 2 is 1.46 bits per heavy atom. The summed E-state index contributed by atoms with van der Waals surface area (Å²) >= 11 is 0. The van der Waals surface area contributed by atoms with E-state index in [1.54, 1.807) is 31.2 Å². The third-order valence-electron chi connectivity index (χ3n) is 4.10. The summed E-state index contributed by atoms with van der Waals surface area (Å²) in [6.45, 7) is 4.46. The molecule has 0 aliphatic heterocycles. The average Bonchev–Trinajstić information content (AvgIpc) is 2.61. The molecule has 0 amide bonds. The van der Waals surface area contributed by atoms with E-state index in [-0.39, 0.29) is 0 Å². The molecule has 0 aliphatic rings. The number of aryl methyl sites for hydroxylation is 2. The summed E-state index contributed by atoms with van der Waals surface area (Å²) < 4.78 is 27.8. The van der Waals surface area contributed by atoms with Gasteiger partial charge in [-0.25, -0.2) is 8.42 Å². The molecular weight excluding hydrogens is 344 g/mol. The topological polar surface area (TPSA) is 58.2 Å². The third-order valence-corrected chi connectivity index (χ3v) is 5.64. The number of benzene rings is 3. The van der Waals surface area contributed by atoms with Gasteiger partial charge in [0.2, 0.25) is 0 Å². The van der Waals surface area contributed by atoms with Crippen LogP contribution in [0.1, 0.15) is 16.7 Å². The van der Waals surface area contributed by atoms with Gasteiger partial charge < -0.3 is 5.32 Å². The largest absolute Gasteiger partial charge is 0.381 e. The summed E-state index contributed by atoms with van der Waals surface area (Å²) in [4.78, 5) is 0.300. The van der Waals surface area contributed by atoms with E-state index in [1.807, 2.05) is 43.3 Å². The molecule has 3 rings (SSSR count). The maximum absolute atomic E-state index is 12.6. The van der Waals surface area contributed by atoms with Crippen LogP contribution < -0.4 is 10.0 Å². The molecule has 0 heterocycles. The van der Waals surface area contributed by atoms with Gasteiger partial charge in [-0.3, -0.25) is 4.72 Å². The fourth-order valence-corrected chi connectivity index (χ4v) is 4.05. The van der Waals surface area contributed by atoms with Crippen molar-refractivity contribution < 1.29 is 8.42 Å². The molecule has 5 heteroatoms. The smallest absolute Gasteiger partial charge is 0.262 e. The molecule has 0 aliphatic carbocycles. The Morgan fingerprint density at radius 3 is 2.12 bits per heavy atom. The lowest BCUT2D eigenvalue weighted by Gasteiger charge is -2.12.